The summed E-state index contributed by atoms with van der Waals surface area (Å²) in [5.74, 6) is -1.61. The molecule has 1 aromatic heterocycles. The number of halogens is 1. The molecule has 1 heterocycles. The van der Waals surface area contributed by atoms with Crippen molar-refractivity contribution in [2.75, 3.05) is 19.5 Å². The van der Waals surface area contributed by atoms with Crippen LogP contribution >= 0.6 is 11.8 Å². The van der Waals surface area contributed by atoms with Gasteiger partial charge in [0.1, 0.15) is 5.82 Å². The number of benzene rings is 2. The molecule has 3 aromatic rings. The number of ether oxygens (including phenoxy) is 1. The van der Waals surface area contributed by atoms with Gasteiger partial charge in [-0.05, 0) is 36.4 Å². The van der Waals surface area contributed by atoms with E-state index in [9.17, 15) is 18.8 Å². The van der Waals surface area contributed by atoms with E-state index in [-0.39, 0.29) is 16.9 Å². The molecule has 0 fully saturated rings. The molecule has 0 unspecified atom stereocenters. The van der Waals surface area contributed by atoms with Crippen LogP contribution in [0.1, 0.15) is 10.4 Å². The monoisotopic (exact) mass is 430 g/mol. The molecule has 3 rings (SSSR count). The van der Waals surface area contributed by atoms with Crippen molar-refractivity contribution in [1.29, 1.82) is 0 Å². The van der Waals surface area contributed by atoms with Gasteiger partial charge in [-0.15, -0.1) is 0 Å². The summed E-state index contributed by atoms with van der Waals surface area (Å²) >= 11 is 1.07. The second-order valence-corrected chi connectivity index (χ2v) is 7.10. The Labute approximate surface area is 175 Å². The molecular weight excluding hydrogens is 411 g/mol. The maximum Gasteiger partial charge on any atom is 0.269 e. The number of hydrazine groups is 1. The standard InChI is InChI=1S/C20H19FN4O4S/c1-29-11-10-25-19(28)15-4-2-3-5-16(15)22-20(25)30-12-17(26)23-24-18(27)13-6-8-14(21)9-7-13/h2-9H,10-12H2,1H3,(H,23,26)(H,24,27). The number of methoxy groups -OCH3 is 1. The Morgan fingerprint density at radius 1 is 1.13 bits per heavy atom. The van der Waals surface area contributed by atoms with Gasteiger partial charge in [0.05, 0.1) is 29.8 Å². The molecule has 0 saturated heterocycles. The first-order chi connectivity index (χ1) is 14.5. The summed E-state index contributed by atoms with van der Waals surface area (Å²) in [6, 6.07) is 11.9. The molecule has 2 N–H and O–H groups in total. The molecule has 0 aliphatic heterocycles. The molecule has 0 radical (unpaired) electrons. The Morgan fingerprint density at radius 2 is 1.87 bits per heavy atom. The molecule has 0 bridgehead atoms. The minimum Gasteiger partial charge on any atom is -0.383 e. The topological polar surface area (TPSA) is 102 Å². The third-order valence-corrected chi connectivity index (χ3v) is 5.08. The van der Waals surface area contributed by atoms with Gasteiger partial charge in [-0.1, -0.05) is 23.9 Å². The number of hydrogen-bond donors (Lipinski definition) is 2. The average molecular weight is 430 g/mol. The van der Waals surface area contributed by atoms with E-state index in [4.69, 9.17) is 4.74 Å². The number of rotatable bonds is 7. The van der Waals surface area contributed by atoms with E-state index in [0.717, 1.165) is 23.9 Å². The van der Waals surface area contributed by atoms with Crippen molar-refractivity contribution in [1.82, 2.24) is 20.4 Å². The summed E-state index contributed by atoms with van der Waals surface area (Å²) in [5.41, 5.74) is 5.06. The number of carbonyl (C=O) groups excluding carboxylic acids is 2. The van der Waals surface area contributed by atoms with Crippen molar-refractivity contribution in [2.45, 2.75) is 11.7 Å². The number of aromatic nitrogens is 2. The first-order valence-corrected chi connectivity index (χ1v) is 9.94. The fourth-order valence-electron chi connectivity index (χ4n) is 2.60. The van der Waals surface area contributed by atoms with Crippen molar-refractivity contribution >= 4 is 34.5 Å². The lowest BCUT2D eigenvalue weighted by Gasteiger charge is -2.13. The summed E-state index contributed by atoms with van der Waals surface area (Å²) in [6.07, 6.45) is 0. The van der Waals surface area contributed by atoms with Gasteiger partial charge < -0.3 is 4.74 Å². The fraction of sp³-hybridized carbons (Fsp3) is 0.200. The Morgan fingerprint density at radius 3 is 2.60 bits per heavy atom. The van der Waals surface area contributed by atoms with E-state index in [2.05, 4.69) is 15.8 Å². The highest BCUT2D eigenvalue weighted by atomic mass is 32.2. The number of carbonyl (C=O) groups is 2. The van der Waals surface area contributed by atoms with Crippen LogP contribution in [0.3, 0.4) is 0 Å². The Hall–Kier alpha value is -3.24. The predicted molar refractivity (Wildman–Crippen MR) is 111 cm³/mol. The number of hydrogen-bond acceptors (Lipinski definition) is 6. The van der Waals surface area contributed by atoms with Gasteiger partial charge >= 0.3 is 0 Å². The van der Waals surface area contributed by atoms with Crippen LogP contribution in [0.2, 0.25) is 0 Å². The lowest BCUT2D eigenvalue weighted by molar-refractivity contribution is -0.119. The van der Waals surface area contributed by atoms with Crippen LogP contribution in [0.5, 0.6) is 0 Å². The molecule has 0 saturated carbocycles. The SMILES string of the molecule is COCCn1c(SCC(=O)NNC(=O)c2ccc(F)cc2)nc2ccccc2c1=O. The molecule has 2 aromatic carbocycles. The largest absolute Gasteiger partial charge is 0.383 e. The molecule has 0 atom stereocenters. The molecule has 2 amide bonds. The Balaban J connectivity index is 1.66. The average Bonchev–Trinajstić information content (AvgIpc) is 2.76. The summed E-state index contributed by atoms with van der Waals surface area (Å²) in [5, 5.41) is 0.852. The molecule has 156 valence electrons. The lowest BCUT2D eigenvalue weighted by atomic mass is 10.2. The van der Waals surface area contributed by atoms with Gasteiger partial charge in [0.15, 0.2) is 5.16 Å². The molecule has 0 aliphatic carbocycles. The van der Waals surface area contributed by atoms with Gasteiger partial charge in [-0.25, -0.2) is 9.37 Å². The minimum absolute atomic E-state index is 0.0819. The third kappa shape index (κ3) is 5.22. The summed E-state index contributed by atoms with van der Waals surface area (Å²) < 4.78 is 19.4. The minimum atomic E-state index is -0.575. The van der Waals surface area contributed by atoms with Crippen molar-refractivity contribution in [3.05, 3.63) is 70.3 Å². The van der Waals surface area contributed by atoms with E-state index in [1.54, 1.807) is 24.3 Å². The number of nitrogens with zero attached hydrogens (tertiary/aromatic N) is 2. The first kappa shape index (κ1) is 21.5. The zero-order chi connectivity index (χ0) is 21.5. The number of thioether (sulfide) groups is 1. The van der Waals surface area contributed by atoms with Crippen LogP contribution in [-0.2, 0) is 16.1 Å². The molecule has 0 spiro atoms. The number of fused-ring (bicyclic) bond motifs is 1. The molecular formula is C20H19FN4O4S. The maximum atomic E-state index is 12.9. The zero-order valence-corrected chi connectivity index (χ0v) is 16.9. The van der Waals surface area contributed by atoms with Crippen LogP contribution in [0.4, 0.5) is 4.39 Å². The van der Waals surface area contributed by atoms with Gasteiger partial charge in [0.25, 0.3) is 11.5 Å². The van der Waals surface area contributed by atoms with Gasteiger partial charge in [0, 0.05) is 12.7 Å². The van der Waals surface area contributed by atoms with E-state index >= 15 is 0 Å². The Kier molecular flexibility index (Phi) is 7.15. The van der Waals surface area contributed by atoms with Crippen LogP contribution in [0.15, 0.2) is 58.5 Å². The number of amides is 2. The third-order valence-electron chi connectivity index (χ3n) is 4.10. The summed E-state index contributed by atoms with van der Waals surface area (Å²) in [7, 11) is 1.53. The first-order valence-electron chi connectivity index (χ1n) is 8.95. The molecule has 0 aliphatic rings. The second kappa shape index (κ2) is 9.99. The summed E-state index contributed by atoms with van der Waals surface area (Å²) in [6.45, 7) is 0.603. The fourth-order valence-corrected chi connectivity index (χ4v) is 3.43. The molecule has 10 heteroatoms. The van der Waals surface area contributed by atoms with Gasteiger partial charge in [-0.3, -0.25) is 29.8 Å². The number of para-hydroxylation sites is 1. The zero-order valence-electron chi connectivity index (χ0n) is 16.1. The Bertz CT molecular complexity index is 1120. The number of nitrogens with one attached hydrogen (secondary N) is 2. The van der Waals surface area contributed by atoms with Crippen molar-refractivity contribution < 1.29 is 18.7 Å². The molecule has 8 nitrogen and oxygen atoms in total. The van der Waals surface area contributed by atoms with Gasteiger partial charge in [-0.2, -0.15) is 0 Å². The normalized spacial score (nSPS) is 10.7. The van der Waals surface area contributed by atoms with Crippen LogP contribution < -0.4 is 16.4 Å². The quantitative estimate of drug-likeness (QED) is 0.336. The van der Waals surface area contributed by atoms with Crippen molar-refractivity contribution in [2.24, 2.45) is 0 Å². The van der Waals surface area contributed by atoms with Crippen molar-refractivity contribution in [3.63, 3.8) is 0 Å². The van der Waals surface area contributed by atoms with Crippen molar-refractivity contribution in [3.8, 4) is 0 Å². The lowest BCUT2D eigenvalue weighted by Crippen LogP contribution is -2.42. The second-order valence-electron chi connectivity index (χ2n) is 6.16. The maximum absolute atomic E-state index is 12.9. The highest BCUT2D eigenvalue weighted by Crippen LogP contribution is 2.17. The predicted octanol–water partition coefficient (Wildman–Crippen LogP) is 1.74. The van der Waals surface area contributed by atoms with Crippen LogP contribution in [-0.4, -0.2) is 40.8 Å². The highest BCUT2D eigenvalue weighted by molar-refractivity contribution is 7.99. The smallest absolute Gasteiger partial charge is 0.269 e. The van der Waals surface area contributed by atoms with E-state index in [0.29, 0.717) is 29.2 Å². The van der Waals surface area contributed by atoms with Gasteiger partial charge in [0.2, 0.25) is 5.91 Å². The van der Waals surface area contributed by atoms with Crippen LogP contribution in [0, 0.1) is 5.82 Å². The van der Waals surface area contributed by atoms with Crippen LogP contribution in [0.25, 0.3) is 10.9 Å². The van der Waals surface area contributed by atoms with E-state index < -0.39 is 17.6 Å². The highest BCUT2D eigenvalue weighted by Gasteiger charge is 2.14. The van der Waals surface area contributed by atoms with E-state index in [1.807, 2.05) is 0 Å². The van der Waals surface area contributed by atoms with E-state index in [1.165, 1.54) is 23.8 Å². The summed E-state index contributed by atoms with van der Waals surface area (Å²) in [4.78, 5) is 41.3. The molecule has 30 heavy (non-hydrogen) atoms.